The molecule has 3 rings (SSSR count). The van der Waals surface area contributed by atoms with E-state index in [0.29, 0.717) is 26.1 Å². The number of likely N-dealkylation sites (tertiary alicyclic amines) is 1. The van der Waals surface area contributed by atoms with Crippen molar-refractivity contribution < 1.29 is 27.2 Å². The van der Waals surface area contributed by atoms with E-state index >= 15 is 0 Å². The molecule has 5 atom stereocenters. The zero-order valence-electron chi connectivity index (χ0n) is 14.7. The van der Waals surface area contributed by atoms with Gasteiger partial charge in [0, 0.05) is 38.0 Å². The van der Waals surface area contributed by atoms with Crippen LogP contribution in [-0.2, 0) is 4.79 Å². The molecular weight excluding hydrogens is 364 g/mol. The van der Waals surface area contributed by atoms with Gasteiger partial charge in [-0.25, -0.2) is 17.6 Å². The molecule has 0 bridgehead atoms. The maximum absolute atomic E-state index is 14.1. The lowest BCUT2D eigenvalue weighted by atomic mass is 9.79. The Kier molecular flexibility index (Phi) is 6.01. The Balaban J connectivity index is 1.59. The van der Waals surface area contributed by atoms with Crippen LogP contribution in [0, 0.1) is 0 Å². The summed E-state index contributed by atoms with van der Waals surface area (Å²) in [6.07, 6.45) is -7.77. The van der Waals surface area contributed by atoms with E-state index in [-0.39, 0.29) is 17.0 Å². The van der Waals surface area contributed by atoms with Crippen molar-refractivity contribution in [3.63, 3.8) is 0 Å². The van der Waals surface area contributed by atoms with Gasteiger partial charge >= 0.3 is 0 Å². The molecule has 0 aromatic heterocycles. The fourth-order valence-electron chi connectivity index (χ4n) is 3.67. The van der Waals surface area contributed by atoms with Crippen LogP contribution in [-0.4, -0.2) is 61.0 Å². The van der Waals surface area contributed by atoms with Crippen LogP contribution >= 0.6 is 0 Å². The van der Waals surface area contributed by atoms with E-state index in [1.165, 1.54) is 24.3 Å². The largest absolute Gasteiger partial charge is 0.350 e. The van der Waals surface area contributed by atoms with Crippen LogP contribution in [0.2, 0.25) is 0 Å². The van der Waals surface area contributed by atoms with Gasteiger partial charge < -0.3 is 10.2 Å². The van der Waals surface area contributed by atoms with Crippen molar-refractivity contribution in [2.24, 2.45) is 0 Å². The summed E-state index contributed by atoms with van der Waals surface area (Å²) in [6.45, 7) is 1.40. The van der Waals surface area contributed by atoms with Gasteiger partial charge in [0.25, 0.3) is 5.91 Å². The molecule has 1 saturated carbocycles. The minimum absolute atomic E-state index is 0.0694. The molecule has 27 heavy (non-hydrogen) atoms. The van der Waals surface area contributed by atoms with Crippen LogP contribution in [0.25, 0.3) is 0 Å². The van der Waals surface area contributed by atoms with Crippen LogP contribution in [0.15, 0.2) is 24.3 Å². The Morgan fingerprint density at radius 1 is 1.07 bits per heavy atom. The molecule has 1 aromatic carbocycles. The number of hydrogen-bond donors (Lipinski definition) is 1. The average molecular weight is 386 g/mol. The monoisotopic (exact) mass is 386 g/mol. The van der Waals surface area contributed by atoms with Crippen molar-refractivity contribution in [3.8, 4) is 0 Å². The van der Waals surface area contributed by atoms with Crippen LogP contribution in [0.5, 0.6) is 0 Å². The van der Waals surface area contributed by atoms with Crippen molar-refractivity contribution in [2.75, 3.05) is 19.6 Å². The minimum Gasteiger partial charge on any atom is -0.350 e. The zero-order valence-corrected chi connectivity index (χ0v) is 14.7. The Bertz CT molecular complexity index is 671. The zero-order chi connectivity index (χ0) is 19.6. The van der Waals surface area contributed by atoms with E-state index in [1.54, 1.807) is 4.90 Å². The van der Waals surface area contributed by atoms with Gasteiger partial charge in [-0.1, -0.05) is 12.1 Å². The Morgan fingerprint density at radius 3 is 2.26 bits per heavy atom. The molecule has 1 aliphatic heterocycles. The van der Waals surface area contributed by atoms with E-state index in [4.69, 9.17) is 0 Å². The number of carbonyl (C=O) groups is 2. The number of benzene rings is 1. The Morgan fingerprint density at radius 2 is 1.70 bits per heavy atom. The van der Waals surface area contributed by atoms with Crippen molar-refractivity contribution in [1.29, 1.82) is 0 Å². The second kappa shape index (κ2) is 8.27. The van der Waals surface area contributed by atoms with E-state index in [0.717, 1.165) is 6.42 Å². The summed E-state index contributed by atoms with van der Waals surface area (Å²) in [7, 11) is 0. The highest BCUT2D eigenvalue weighted by atomic mass is 19.2. The summed E-state index contributed by atoms with van der Waals surface area (Å²) in [5.74, 6) is -1.85. The Labute approximate surface area is 154 Å². The molecule has 1 aromatic rings. The normalized spacial score (nSPS) is 31.2. The SMILES string of the molecule is O=C(NCCN1CCCC1=O)c1ccc(C2[C@@H](F)[C@@H](F)C[C@@H](F)[C@H]2F)cc1. The molecule has 1 aliphatic carbocycles. The molecule has 1 N–H and O–H groups in total. The number of hydrogen-bond acceptors (Lipinski definition) is 2. The molecule has 2 aliphatic rings. The van der Waals surface area contributed by atoms with Gasteiger partial charge in [0.2, 0.25) is 5.91 Å². The first kappa shape index (κ1) is 19.6. The first-order valence-electron chi connectivity index (χ1n) is 9.10. The fraction of sp³-hybridized carbons (Fsp3) is 0.579. The number of halogens is 4. The molecule has 148 valence electrons. The topological polar surface area (TPSA) is 49.4 Å². The Hall–Kier alpha value is -2.12. The quantitative estimate of drug-likeness (QED) is 0.792. The summed E-state index contributed by atoms with van der Waals surface area (Å²) in [6, 6.07) is 5.40. The predicted molar refractivity (Wildman–Crippen MR) is 91.5 cm³/mol. The van der Waals surface area contributed by atoms with Gasteiger partial charge in [-0.15, -0.1) is 0 Å². The summed E-state index contributed by atoms with van der Waals surface area (Å²) >= 11 is 0. The van der Waals surface area contributed by atoms with Gasteiger partial charge in [-0.3, -0.25) is 9.59 Å². The maximum Gasteiger partial charge on any atom is 0.251 e. The molecule has 8 heteroatoms. The minimum atomic E-state index is -2.12. The summed E-state index contributed by atoms with van der Waals surface area (Å²) in [4.78, 5) is 25.3. The van der Waals surface area contributed by atoms with Crippen LogP contribution in [0.3, 0.4) is 0 Å². The molecular formula is C19H22F4N2O2. The van der Waals surface area contributed by atoms with Crippen molar-refractivity contribution >= 4 is 11.8 Å². The average Bonchev–Trinajstić information content (AvgIpc) is 3.06. The van der Waals surface area contributed by atoms with Crippen molar-refractivity contribution in [1.82, 2.24) is 10.2 Å². The second-order valence-corrected chi connectivity index (χ2v) is 7.04. The third-order valence-electron chi connectivity index (χ3n) is 5.22. The second-order valence-electron chi connectivity index (χ2n) is 7.04. The van der Waals surface area contributed by atoms with Crippen LogP contribution < -0.4 is 5.32 Å². The summed E-state index contributed by atoms with van der Waals surface area (Å²) < 4.78 is 55.3. The van der Waals surface area contributed by atoms with E-state index in [1.807, 2.05) is 0 Å². The number of nitrogens with one attached hydrogen (secondary N) is 1. The van der Waals surface area contributed by atoms with Crippen LogP contribution in [0.1, 0.15) is 41.1 Å². The first-order chi connectivity index (χ1) is 12.9. The number of alkyl halides is 4. The van der Waals surface area contributed by atoms with E-state index in [9.17, 15) is 27.2 Å². The number of rotatable bonds is 5. The molecule has 0 spiro atoms. The van der Waals surface area contributed by atoms with Crippen LogP contribution in [0.4, 0.5) is 17.6 Å². The highest BCUT2D eigenvalue weighted by molar-refractivity contribution is 5.94. The van der Waals surface area contributed by atoms with Gasteiger partial charge in [0.05, 0.1) is 5.92 Å². The number of carbonyl (C=O) groups excluding carboxylic acids is 2. The summed E-state index contributed by atoms with van der Waals surface area (Å²) in [5, 5.41) is 2.68. The highest BCUT2D eigenvalue weighted by Gasteiger charge is 2.47. The summed E-state index contributed by atoms with van der Waals surface area (Å²) in [5.41, 5.74) is 0.390. The number of amides is 2. The fourth-order valence-corrected chi connectivity index (χ4v) is 3.67. The third-order valence-corrected chi connectivity index (χ3v) is 5.22. The molecule has 1 unspecified atom stereocenters. The van der Waals surface area contributed by atoms with E-state index < -0.39 is 42.9 Å². The molecule has 2 fully saturated rings. The van der Waals surface area contributed by atoms with Gasteiger partial charge in [0.15, 0.2) is 0 Å². The van der Waals surface area contributed by atoms with E-state index in [2.05, 4.69) is 5.32 Å². The third kappa shape index (κ3) is 4.25. The highest BCUT2D eigenvalue weighted by Crippen LogP contribution is 2.40. The molecule has 2 amide bonds. The standard InChI is InChI=1S/C19H22F4N2O2/c20-13-10-14(21)18(23)16(17(13)22)11-3-5-12(6-4-11)19(27)24-7-9-25-8-1-2-15(25)26/h3-6,13-14,16-18H,1-2,7-10H2,(H,24,27)/t13-,14+,16?,17-,18+. The maximum atomic E-state index is 14.1. The smallest absolute Gasteiger partial charge is 0.251 e. The molecule has 1 saturated heterocycles. The molecule has 1 heterocycles. The lowest BCUT2D eigenvalue weighted by Gasteiger charge is -2.34. The number of nitrogens with zero attached hydrogens (tertiary/aromatic N) is 1. The lowest BCUT2D eigenvalue weighted by Crippen LogP contribution is -2.43. The van der Waals surface area contributed by atoms with Crippen molar-refractivity contribution in [3.05, 3.63) is 35.4 Å². The van der Waals surface area contributed by atoms with Gasteiger partial charge in [-0.05, 0) is 24.1 Å². The van der Waals surface area contributed by atoms with Gasteiger partial charge in [0.1, 0.15) is 24.7 Å². The molecule has 0 radical (unpaired) electrons. The van der Waals surface area contributed by atoms with Crippen molar-refractivity contribution in [2.45, 2.75) is 49.9 Å². The van der Waals surface area contributed by atoms with Gasteiger partial charge in [-0.2, -0.15) is 0 Å². The molecule has 4 nitrogen and oxygen atoms in total. The predicted octanol–water partition coefficient (Wildman–Crippen LogP) is 2.88. The lowest BCUT2D eigenvalue weighted by molar-refractivity contribution is -0.127. The first-order valence-corrected chi connectivity index (χ1v) is 9.10.